The molecule has 0 fully saturated rings. The standard InChI is InChI=1S/C15H15ClN2O2/c1-18-15(19)10-6-7-14(13(17)8-10)20-9-11-4-2-3-5-12(11)16/h2-8H,9,17H2,1H3,(H,18,19). The SMILES string of the molecule is CNC(=O)c1ccc(OCc2ccccc2Cl)c(N)c1. The summed E-state index contributed by atoms with van der Waals surface area (Å²) in [6.07, 6.45) is 0. The molecule has 20 heavy (non-hydrogen) atoms. The second-order valence-corrected chi connectivity index (χ2v) is 4.62. The summed E-state index contributed by atoms with van der Waals surface area (Å²) in [4.78, 5) is 11.5. The molecule has 0 spiro atoms. The lowest BCUT2D eigenvalue weighted by molar-refractivity contribution is 0.0963. The number of carbonyl (C=O) groups is 1. The topological polar surface area (TPSA) is 64.3 Å². The van der Waals surface area contributed by atoms with Gasteiger partial charge in [0.05, 0.1) is 5.69 Å². The van der Waals surface area contributed by atoms with E-state index in [1.165, 1.54) is 0 Å². The molecule has 0 saturated carbocycles. The molecule has 5 heteroatoms. The molecule has 0 saturated heterocycles. The monoisotopic (exact) mass is 290 g/mol. The molecule has 0 atom stereocenters. The van der Waals surface area contributed by atoms with Crippen LogP contribution in [0.25, 0.3) is 0 Å². The van der Waals surface area contributed by atoms with E-state index in [9.17, 15) is 4.79 Å². The van der Waals surface area contributed by atoms with Gasteiger partial charge in [-0.15, -0.1) is 0 Å². The number of ether oxygens (including phenoxy) is 1. The average molecular weight is 291 g/mol. The zero-order chi connectivity index (χ0) is 14.5. The zero-order valence-corrected chi connectivity index (χ0v) is 11.8. The maximum Gasteiger partial charge on any atom is 0.251 e. The molecule has 0 unspecified atom stereocenters. The molecule has 0 aliphatic carbocycles. The Morgan fingerprint density at radius 2 is 2.05 bits per heavy atom. The first-order chi connectivity index (χ1) is 9.61. The van der Waals surface area contributed by atoms with Crippen LogP contribution >= 0.6 is 11.6 Å². The van der Waals surface area contributed by atoms with Gasteiger partial charge in [0, 0.05) is 23.2 Å². The number of nitrogens with one attached hydrogen (secondary N) is 1. The summed E-state index contributed by atoms with van der Waals surface area (Å²) in [5.41, 5.74) is 7.67. The predicted molar refractivity (Wildman–Crippen MR) is 80.0 cm³/mol. The third-order valence-corrected chi connectivity index (χ3v) is 3.21. The summed E-state index contributed by atoms with van der Waals surface area (Å²) in [5.74, 6) is 0.340. The van der Waals surface area contributed by atoms with Gasteiger partial charge < -0.3 is 15.8 Å². The van der Waals surface area contributed by atoms with E-state index in [-0.39, 0.29) is 5.91 Å². The van der Waals surface area contributed by atoms with Crippen molar-refractivity contribution in [2.24, 2.45) is 0 Å². The maximum absolute atomic E-state index is 11.5. The summed E-state index contributed by atoms with van der Waals surface area (Å²) in [6.45, 7) is 0.323. The Morgan fingerprint density at radius 3 is 2.70 bits per heavy atom. The van der Waals surface area contributed by atoms with Crippen LogP contribution < -0.4 is 15.8 Å². The first-order valence-corrected chi connectivity index (χ1v) is 6.47. The molecule has 0 aliphatic heterocycles. The van der Waals surface area contributed by atoms with Gasteiger partial charge in [-0.05, 0) is 24.3 Å². The lowest BCUT2D eigenvalue weighted by atomic mass is 10.1. The normalized spacial score (nSPS) is 10.1. The van der Waals surface area contributed by atoms with Crippen LogP contribution in [-0.4, -0.2) is 13.0 Å². The van der Waals surface area contributed by atoms with Gasteiger partial charge in [-0.3, -0.25) is 4.79 Å². The van der Waals surface area contributed by atoms with Crippen LogP contribution in [0.15, 0.2) is 42.5 Å². The van der Waals surface area contributed by atoms with E-state index in [0.717, 1.165) is 5.56 Å². The average Bonchev–Trinajstić information content (AvgIpc) is 2.46. The Balaban J connectivity index is 2.11. The van der Waals surface area contributed by atoms with E-state index in [1.54, 1.807) is 31.3 Å². The smallest absolute Gasteiger partial charge is 0.251 e. The lowest BCUT2D eigenvalue weighted by Gasteiger charge is -2.11. The summed E-state index contributed by atoms with van der Waals surface area (Å²) < 4.78 is 5.63. The lowest BCUT2D eigenvalue weighted by Crippen LogP contribution is -2.17. The highest BCUT2D eigenvalue weighted by molar-refractivity contribution is 6.31. The van der Waals surface area contributed by atoms with Crippen LogP contribution in [0.3, 0.4) is 0 Å². The zero-order valence-electron chi connectivity index (χ0n) is 11.0. The van der Waals surface area contributed by atoms with Crippen LogP contribution in [-0.2, 0) is 6.61 Å². The Bertz CT molecular complexity index is 629. The largest absolute Gasteiger partial charge is 0.487 e. The van der Waals surface area contributed by atoms with E-state index in [2.05, 4.69) is 5.32 Å². The second kappa shape index (κ2) is 6.30. The van der Waals surface area contributed by atoms with Gasteiger partial charge >= 0.3 is 0 Å². The molecular weight excluding hydrogens is 276 g/mol. The highest BCUT2D eigenvalue weighted by atomic mass is 35.5. The van der Waals surface area contributed by atoms with E-state index < -0.39 is 0 Å². The molecule has 0 aliphatic rings. The Hall–Kier alpha value is -2.20. The Kier molecular flexibility index (Phi) is 4.48. The molecule has 3 N–H and O–H groups in total. The fourth-order valence-electron chi connectivity index (χ4n) is 1.74. The minimum absolute atomic E-state index is 0.186. The summed E-state index contributed by atoms with van der Waals surface area (Å²) in [6, 6.07) is 12.4. The summed E-state index contributed by atoms with van der Waals surface area (Å²) >= 11 is 6.05. The predicted octanol–water partition coefficient (Wildman–Crippen LogP) is 2.86. The second-order valence-electron chi connectivity index (χ2n) is 4.21. The van der Waals surface area contributed by atoms with Crippen molar-refractivity contribution in [2.45, 2.75) is 6.61 Å². The quantitative estimate of drug-likeness (QED) is 0.851. The Labute approximate surface area is 122 Å². The molecule has 0 aromatic heterocycles. The number of halogens is 1. The first kappa shape index (κ1) is 14.2. The minimum atomic E-state index is -0.186. The number of benzene rings is 2. The number of carbonyl (C=O) groups excluding carboxylic acids is 1. The molecule has 0 heterocycles. The van der Waals surface area contributed by atoms with Crippen molar-refractivity contribution in [1.82, 2.24) is 5.32 Å². The van der Waals surface area contributed by atoms with Crippen LogP contribution in [0.4, 0.5) is 5.69 Å². The van der Waals surface area contributed by atoms with E-state index in [0.29, 0.717) is 28.6 Å². The van der Waals surface area contributed by atoms with Crippen molar-refractivity contribution in [2.75, 3.05) is 12.8 Å². The van der Waals surface area contributed by atoms with E-state index in [1.807, 2.05) is 18.2 Å². The fourth-order valence-corrected chi connectivity index (χ4v) is 1.93. The van der Waals surface area contributed by atoms with Gasteiger partial charge in [-0.1, -0.05) is 29.8 Å². The number of hydrogen-bond acceptors (Lipinski definition) is 3. The number of amides is 1. The number of rotatable bonds is 4. The van der Waals surface area contributed by atoms with Crippen molar-refractivity contribution < 1.29 is 9.53 Å². The molecule has 0 bridgehead atoms. The molecule has 2 aromatic carbocycles. The maximum atomic E-state index is 11.5. The molecule has 2 rings (SSSR count). The van der Waals surface area contributed by atoms with Gasteiger partial charge in [0.25, 0.3) is 5.91 Å². The third kappa shape index (κ3) is 3.22. The molecular formula is C15H15ClN2O2. The van der Waals surface area contributed by atoms with Gasteiger partial charge in [0.1, 0.15) is 12.4 Å². The van der Waals surface area contributed by atoms with Crippen LogP contribution in [0.2, 0.25) is 5.02 Å². The molecule has 0 radical (unpaired) electrons. The summed E-state index contributed by atoms with van der Waals surface area (Å²) in [5, 5.41) is 3.19. The van der Waals surface area contributed by atoms with Gasteiger partial charge in [-0.2, -0.15) is 0 Å². The van der Waals surface area contributed by atoms with Crippen molar-refractivity contribution >= 4 is 23.2 Å². The van der Waals surface area contributed by atoms with Crippen LogP contribution in [0, 0.1) is 0 Å². The molecule has 1 amide bonds. The number of nitrogens with two attached hydrogens (primary N) is 1. The third-order valence-electron chi connectivity index (χ3n) is 2.84. The fraction of sp³-hybridized carbons (Fsp3) is 0.133. The van der Waals surface area contributed by atoms with Crippen molar-refractivity contribution in [3.8, 4) is 5.75 Å². The highest BCUT2D eigenvalue weighted by Crippen LogP contribution is 2.25. The minimum Gasteiger partial charge on any atom is -0.487 e. The highest BCUT2D eigenvalue weighted by Gasteiger charge is 2.08. The van der Waals surface area contributed by atoms with Gasteiger partial charge in [-0.25, -0.2) is 0 Å². The van der Waals surface area contributed by atoms with Crippen molar-refractivity contribution in [3.63, 3.8) is 0 Å². The van der Waals surface area contributed by atoms with Crippen molar-refractivity contribution in [3.05, 3.63) is 58.6 Å². The first-order valence-electron chi connectivity index (χ1n) is 6.09. The Morgan fingerprint density at radius 1 is 1.30 bits per heavy atom. The van der Waals surface area contributed by atoms with Crippen molar-refractivity contribution in [1.29, 1.82) is 0 Å². The van der Waals surface area contributed by atoms with Gasteiger partial charge in [0.15, 0.2) is 0 Å². The number of anilines is 1. The van der Waals surface area contributed by atoms with Gasteiger partial charge in [0.2, 0.25) is 0 Å². The van der Waals surface area contributed by atoms with E-state index in [4.69, 9.17) is 22.1 Å². The molecule has 104 valence electrons. The number of hydrogen-bond donors (Lipinski definition) is 2. The van der Waals surface area contributed by atoms with Crippen LogP contribution in [0.5, 0.6) is 5.75 Å². The van der Waals surface area contributed by atoms with E-state index >= 15 is 0 Å². The molecule has 2 aromatic rings. The molecule has 4 nitrogen and oxygen atoms in total. The summed E-state index contributed by atoms with van der Waals surface area (Å²) in [7, 11) is 1.57. The van der Waals surface area contributed by atoms with Crippen LogP contribution in [0.1, 0.15) is 15.9 Å². The number of nitrogen functional groups attached to an aromatic ring is 1.